The topological polar surface area (TPSA) is 112 Å². The third kappa shape index (κ3) is 4.27. The molecule has 3 aromatic rings. The summed E-state index contributed by atoms with van der Waals surface area (Å²) < 4.78 is 10.5. The molecule has 3 rings (SSSR count). The molecule has 1 aromatic heterocycles. The van der Waals surface area contributed by atoms with Gasteiger partial charge in [-0.15, -0.1) is 0 Å². The fraction of sp³-hybridized carbons (Fsp3) is 0.238. The van der Waals surface area contributed by atoms with Crippen molar-refractivity contribution in [2.45, 2.75) is 12.6 Å². The van der Waals surface area contributed by atoms with Gasteiger partial charge in [-0.25, -0.2) is 0 Å². The number of rotatable bonds is 8. The Morgan fingerprint density at radius 1 is 1.28 bits per heavy atom. The third-order valence-corrected chi connectivity index (χ3v) is 4.97. The van der Waals surface area contributed by atoms with Crippen molar-refractivity contribution >= 4 is 34.1 Å². The van der Waals surface area contributed by atoms with Gasteiger partial charge in [0.25, 0.3) is 5.91 Å². The van der Waals surface area contributed by atoms with Gasteiger partial charge >= 0.3 is 0 Å². The lowest BCUT2D eigenvalue weighted by molar-refractivity contribution is 0.100. The van der Waals surface area contributed by atoms with E-state index in [0.717, 1.165) is 22.2 Å². The van der Waals surface area contributed by atoms with E-state index in [4.69, 9.17) is 32.5 Å². The van der Waals surface area contributed by atoms with E-state index in [2.05, 4.69) is 10.3 Å². The fourth-order valence-electron chi connectivity index (χ4n) is 3.25. The number of carbonyl (C=O) groups is 1. The Balaban J connectivity index is 2.11. The molecule has 29 heavy (non-hydrogen) atoms. The molecule has 8 heteroatoms. The number of pyridine rings is 1. The minimum atomic E-state index is -0.536. The van der Waals surface area contributed by atoms with Gasteiger partial charge in [-0.05, 0) is 23.8 Å². The number of halogens is 1. The van der Waals surface area contributed by atoms with E-state index in [1.807, 2.05) is 18.2 Å². The van der Waals surface area contributed by atoms with Gasteiger partial charge in [0, 0.05) is 30.8 Å². The number of amides is 1. The Bertz CT molecular complexity index is 1040. The smallest absolute Gasteiger partial charge is 0.250 e. The molecule has 0 fully saturated rings. The quantitative estimate of drug-likeness (QED) is 0.521. The van der Waals surface area contributed by atoms with Crippen LogP contribution in [-0.2, 0) is 11.3 Å². The van der Waals surface area contributed by atoms with Crippen molar-refractivity contribution in [3.05, 3.63) is 64.3 Å². The van der Waals surface area contributed by atoms with Crippen LogP contribution in [0.15, 0.2) is 42.6 Å². The first-order valence-corrected chi connectivity index (χ1v) is 9.37. The summed E-state index contributed by atoms with van der Waals surface area (Å²) in [6.45, 7) is 0.654. The number of methoxy groups -OCH3 is 2. The Kier molecular flexibility index (Phi) is 6.53. The van der Waals surface area contributed by atoms with Crippen molar-refractivity contribution in [3.8, 4) is 5.75 Å². The van der Waals surface area contributed by atoms with Crippen LogP contribution >= 0.6 is 11.6 Å². The predicted octanol–water partition coefficient (Wildman–Crippen LogP) is 3.25. The lowest BCUT2D eigenvalue weighted by Crippen LogP contribution is -2.22. The number of para-hydroxylation sites is 1. The molecule has 0 aliphatic rings. The van der Waals surface area contributed by atoms with E-state index in [9.17, 15) is 4.79 Å². The van der Waals surface area contributed by atoms with Gasteiger partial charge < -0.3 is 26.3 Å². The summed E-state index contributed by atoms with van der Waals surface area (Å²) >= 11 is 6.29. The highest BCUT2D eigenvalue weighted by atomic mass is 35.5. The minimum Gasteiger partial charge on any atom is -0.495 e. The average Bonchev–Trinajstić information content (AvgIpc) is 2.72. The number of ether oxygens (including phenoxy) is 2. The summed E-state index contributed by atoms with van der Waals surface area (Å²) in [4.78, 5) is 16.3. The molecule has 152 valence electrons. The van der Waals surface area contributed by atoms with E-state index >= 15 is 0 Å². The van der Waals surface area contributed by atoms with Crippen molar-refractivity contribution in [2.24, 2.45) is 11.5 Å². The molecule has 5 N–H and O–H groups in total. The average molecular weight is 415 g/mol. The van der Waals surface area contributed by atoms with E-state index in [0.29, 0.717) is 35.0 Å². The molecule has 0 aliphatic carbocycles. The van der Waals surface area contributed by atoms with Gasteiger partial charge in [0.2, 0.25) is 0 Å². The summed E-state index contributed by atoms with van der Waals surface area (Å²) in [6.07, 6.45) is 1.68. The number of nitrogens with zero attached hydrogens (tertiary/aromatic N) is 1. The number of hydrogen-bond donors (Lipinski definition) is 3. The number of benzene rings is 2. The normalized spacial score (nSPS) is 12.0. The SMILES string of the molecule is COCc1cnc2c(C(N)=O)cccc2c1N[C@H](CN)c1ccc(OC)c(Cl)c1. The Hall–Kier alpha value is -2.87. The Labute approximate surface area is 174 Å². The van der Waals surface area contributed by atoms with Gasteiger partial charge in [0.1, 0.15) is 5.75 Å². The fourth-order valence-corrected chi connectivity index (χ4v) is 3.52. The summed E-state index contributed by atoms with van der Waals surface area (Å²) in [6, 6.07) is 10.6. The number of fused-ring (bicyclic) bond motifs is 1. The highest BCUT2D eigenvalue weighted by Crippen LogP contribution is 2.33. The molecule has 0 bridgehead atoms. The molecular formula is C21H23ClN4O3. The number of nitrogens with two attached hydrogens (primary N) is 2. The molecule has 1 amide bonds. The van der Waals surface area contributed by atoms with Crippen molar-refractivity contribution in [3.63, 3.8) is 0 Å². The first-order chi connectivity index (χ1) is 14.0. The van der Waals surface area contributed by atoms with Crippen LogP contribution in [0.5, 0.6) is 5.75 Å². The van der Waals surface area contributed by atoms with Gasteiger partial charge in [0.15, 0.2) is 0 Å². The number of nitrogens with one attached hydrogen (secondary N) is 1. The first-order valence-electron chi connectivity index (χ1n) is 8.99. The van der Waals surface area contributed by atoms with E-state index in [1.165, 1.54) is 0 Å². The summed E-state index contributed by atoms with van der Waals surface area (Å²) in [5, 5.41) is 4.73. The second-order valence-electron chi connectivity index (χ2n) is 6.48. The monoisotopic (exact) mass is 414 g/mol. The van der Waals surface area contributed by atoms with Crippen molar-refractivity contribution in [1.82, 2.24) is 4.98 Å². The summed E-state index contributed by atoms with van der Waals surface area (Å²) in [5.41, 5.74) is 15.0. The number of primary amides is 1. The lowest BCUT2D eigenvalue weighted by Gasteiger charge is -2.23. The molecule has 0 radical (unpaired) electrons. The largest absolute Gasteiger partial charge is 0.495 e. The standard InChI is InChI=1S/C21H23ClN4O3/c1-28-11-13-10-25-20-14(4-3-5-15(20)21(24)27)19(13)26-17(9-23)12-6-7-18(29-2)16(22)8-12/h3-8,10,17H,9,11,23H2,1-2H3,(H2,24,27)(H,25,26)/t17-/m1/s1. The predicted molar refractivity (Wildman–Crippen MR) is 114 cm³/mol. The van der Waals surface area contributed by atoms with Crippen LogP contribution < -0.4 is 21.5 Å². The second kappa shape index (κ2) is 9.09. The molecule has 2 aromatic carbocycles. The molecule has 0 saturated heterocycles. The first kappa shape index (κ1) is 20.9. The van der Waals surface area contributed by atoms with Crippen LogP contribution in [0.2, 0.25) is 5.02 Å². The van der Waals surface area contributed by atoms with Crippen LogP contribution in [0, 0.1) is 0 Å². The second-order valence-corrected chi connectivity index (χ2v) is 6.89. The van der Waals surface area contributed by atoms with E-state index in [-0.39, 0.29) is 6.04 Å². The van der Waals surface area contributed by atoms with Crippen LogP contribution in [-0.4, -0.2) is 31.7 Å². The highest BCUT2D eigenvalue weighted by molar-refractivity contribution is 6.32. The third-order valence-electron chi connectivity index (χ3n) is 4.67. The van der Waals surface area contributed by atoms with Gasteiger partial charge in [0.05, 0.1) is 41.5 Å². The minimum absolute atomic E-state index is 0.239. The van der Waals surface area contributed by atoms with Gasteiger partial charge in [-0.3, -0.25) is 9.78 Å². The number of carbonyl (C=O) groups excluding carboxylic acids is 1. The number of hydrogen-bond acceptors (Lipinski definition) is 6. The molecule has 7 nitrogen and oxygen atoms in total. The molecular weight excluding hydrogens is 392 g/mol. The van der Waals surface area contributed by atoms with E-state index < -0.39 is 5.91 Å². The van der Waals surface area contributed by atoms with Crippen molar-refractivity contribution in [1.29, 1.82) is 0 Å². The molecule has 0 unspecified atom stereocenters. The lowest BCUT2D eigenvalue weighted by atomic mass is 10.0. The highest BCUT2D eigenvalue weighted by Gasteiger charge is 2.18. The molecule has 0 aliphatic heterocycles. The maximum Gasteiger partial charge on any atom is 0.250 e. The number of anilines is 1. The Morgan fingerprint density at radius 2 is 2.07 bits per heavy atom. The Morgan fingerprint density at radius 3 is 2.69 bits per heavy atom. The molecule has 0 saturated carbocycles. The van der Waals surface area contributed by atoms with Crippen LogP contribution in [0.1, 0.15) is 27.5 Å². The molecule has 1 atom stereocenters. The molecule has 0 spiro atoms. The summed E-state index contributed by atoms with van der Waals surface area (Å²) in [5.74, 6) is 0.0533. The molecule has 1 heterocycles. The zero-order valence-electron chi connectivity index (χ0n) is 16.2. The van der Waals surface area contributed by atoms with Gasteiger partial charge in [-0.2, -0.15) is 0 Å². The maximum atomic E-state index is 11.8. The van der Waals surface area contributed by atoms with E-state index in [1.54, 1.807) is 38.6 Å². The van der Waals surface area contributed by atoms with Crippen molar-refractivity contribution < 1.29 is 14.3 Å². The summed E-state index contributed by atoms with van der Waals surface area (Å²) in [7, 11) is 3.17. The van der Waals surface area contributed by atoms with Crippen LogP contribution in [0.4, 0.5) is 5.69 Å². The van der Waals surface area contributed by atoms with Crippen LogP contribution in [0.25, 0.3) is 10.9 Å². The number of aromatic nitrogens is 1. The van der Waals surface area contributed by atoms with Gasteiger partial charge in [-0.1, -0.05) is 29.8 Å². The maximum absolute atomic E-state index is 11.8. The zero-order chi connectivity index (χ0) is 21.0. The van der Waals surface area contributed by atoms with Crippen molar-refractivity contribution in [2.75, 3.05) is 26.1 Å². The zero-order valence-corrected chi connectivity index (χ0v) is 17.0. The van der Waals surface area contributed by atoms with Crippen LogP contribution in [0.3, 0.4) is 0 Å².